The summed E-state index contributed by atoms with van der Waals surface area (Å²) >= 11 is 0. The number of carbonyl (C=O) groups excluding carboxylic acids is 2. The van der Waals surface area contributed by atoms with Crippen molar-refractivity contribution in [2.24, 2.45) is 0 Å². The average Bonchev–Trinajstić information content (AvgIpc) is 2.59. The molecule has 23 heavy (non-hydrogen) atoms. The summed E-state index contributed by atoms with van der Waals surface area (Å²) in [6, 6.07) is 5.39. The summed E-state index contributed by atoms with van der Waals surface area (Å²) in [5.41, 5.74) is 0.740. The summed E-state index contributed by atoms with van der Waals surface area (Å²) in [5.74, 6) is 1.38. The first-order valence-electron chi connectivity index (χ1n) is 7.54. The Balaban J connectivity index is 1.89. The van der Waals surface area contributed by atoms with E-state index in [0.717, 1.165) is 5.69 Å². The zero-order valence-corrected chi connectivity index (χ0v) is 13.8. The Bertz CT molecular complexity index is 568. The number of methoxy groups -OCH3 is 2. The third-order valence-electron chi connectivity index (χ3n) is 3.92. The van der Waals surface area contributed by atoms with E-state index in [9.17, 15) is 9.59 Å². The monoisotopic (exact) mass is 321 g/mol. The molecule has 2 rings (SSSR count). The molecule has 0 aromatic heterocycles. The second-order valence-electron chi connectivity index (χ2n) is 5.31. The third-order valence-corrected chi connectivity index (χ3v) is 3.92. The van der Waals surface area contributed by atoms with Crippen molar-refractivity contribution in [3.63, 3.8) is 0 Å². The molecule has 0 radical (unpaired) electrons. The van der Waals surface area contributed by atoms with Gasteiger partial charge in [-0.2, -0.15) is 0 Å². The van der Waals surface area contributed by atoms with Crippen molar-refractivity contribution in [3.05, 3.63) is 18.2 Å². The fourth-order valence-electron chi connectivity index (χ4n) is 2.50. The number of nitrogens with one attached hydrogen (secondary N) is 1. The van der Waals surface area contributed by atoms with Gasteiger partial charge in [0.05, 0.1) is 26.5 Å². The van der Waals surface area contributed by atoms with Crippen LogP contribution in [0.5, 0.6) is 11.5 Å². The Morgan fingerprint density at radius 3 is 2.30 bits per heavy atom. The zero-order valence-electron chi connectivity index (χ0n) is 13.8. The number of benzene rings is 1. The van der Waals surface area contributed by atoms with Gasteiger partial charge < -0.3 is 24.6 Å². The molecule has 7 nitrogen and oxygen atoms in total. The fraction of sp³-hybridized carbons (Fsp3) is 0.500. The highest BCUT2D eigenvalue weighted by atomic mass is 16.5. The third kappa shape index (κ3) is 4.28. The maximum Gasteiger partial charge on any atom is 0.241 e. The summed E-state index contributed by atoms with van der Waals surface area (Å²) in [7, 11) is 3.16. The van der Waals surface area contributed by atoms with E-state index in [1.165, 1.54) is 0 Å². The van der Waals surface area contributed by atoms with Crippen molar-refractivity contribution in [3.8, 4) is 11.5 Å². The van der Waals surface area contributed by atoms with Gasteiger partial charge in [-0.1, -0.05) is 0 Å². The number of hydrogen-bond donors (Lipinski definition) is 1. The second-order valence-corrected chi connectivity index (χ2v) is 5.31. The van der Waals surface area contributed by atoms with Crippen LogP contribution in [0.1, 0.15) is 6.92 Å². The molecule has 1 saturated heterocycles. The van der Waals surface area contributed by atoms with E-state index in [2.05, 4.69) is 5.32 Å². The van der Waals surface area contributed by atoms with Crippen LogP contribution in [-0.4, -0.2) is 68.6 Å². The van der Waals surface area contributed by atoms with Gasteiger partial charge in [-0.05, 0) is 12.1 Å². The highest BCUT2D eigenvalue weighted by Gasteiger charge is 2.22. The largest absolute Gasteiger partial charge is 0.497 e. The lowest BCUT2D eigenvalue weighted by Crippen LogP contribution is -2.51. The van der Waals surface area contributed by atoms with Crippen LogP contribution >= 0.6 is 0 Å². The highest BCUT2D eigenvalue weighted by Crippen LogP contribution is 2.28. The van der Waals surface area contributed by atoms with E-state index in [1.54, 1.807) is 43.1 Å². The maximum atomic E-state index is 12.3. The van der Waals surface area contributed by atoms with E-state index in [1.807, 2.05) is 6.07 Å². The minimum atomic E-state index is 0.00562. The number of rotatable bonds is 5. The summed E-state index contributed by atoms with van der Waals surface area (Å²) in [6.07, 6.45) is 0. The molecule has 126 valence electrons. The first-order chi connectivity index (χ1) is 11.0. The molecule has 2 amide bonds. The molecule has 1 fully saturated rings. The molecule has 0 aliphatic carbocycles. The highest BCUT2D eigenvalue weighted by molar-refractivity contribution is 5.82. The van der Waals surface area contributed by atoms with Crippen LogP contribution < -0.4 is 14.8 Å². The number of carbonyl (C=O) groups is 2. The van der Waals surface area contributed by atoms with Gasteiger partial charge in [0.15, 0.2) is 0 Å². The van der Waals surface area contributed by atoms with Gasteiger partial charge in [-0.25, -0.2) is 0 Å². The smallest absolute Gasteiger partial charge is 0.241 e. The Morgan fingerprint density at radius 1 is 1.09 bits per heavy atom. The topological polar surface area (TPSA) is 71.1 Å². The zero-order chi connectivity index (χ0) is 16.8. The fourth-order valence-corrected chi connectivity index (χ4v) is 2.50. The van der Waals surface area contributed by atoms with E-state index in [-0.39, 0.29) is 18.4 Å². The van der Waals surface area contributed by atoms with Gasteiger partial charge in [0.25, 0.3) is 0 Å². The van der Waals surface area contributed by atoms with Crippen LogP contribution in [0.3, 0.4) is 0 Å². The molecule has 1 aliphatic rings. The van der Waals surface area contributed by atoms with Crippen molar-refractivity contribution in [1.29, 1.82) is 0 Å². The summed E-state index contributed by atoms with van der Waals surface area (Å²) in [6.45, 7) is 4.05. The van der Waals surface area contributed by atoms with E-state index in [4.69, 9.17) is 9.47 Å². The molecule has 1 aromatic carbocycles. The molecule has 1 aromatic rings. The normalized spacial score (nSPS) is 14.4. The van der Waals surface area contributed by atoms with Crippen LogP contribution in [-0.2, 0) is 9.59 Å². The van der Waals surface area contributed by atoms with Crippen LogP contribution in [0.4, 0.5) is 5.69 Å². The Hall–Kier alpha value is -2.44. The van der Waals surface area contributed by atoms with Gasteiger partial charge in [0.1, 0.15) is 11.5 Å². The summed E-state index contributed by atoms with van der Waals surface area (Å²) in [4.78, 5) is 27.1. The van der Waals surface area contributed by atoms with Gasteiger partial charge in [0.2, 0.25) is 11.8 Å². The minimum Gasteiger partial charge on any atom is -0.497 e. The first-order valence-corrected chi connectivity index (χ1v) is 7.54. The van der Waals surface area contributed by atoms with Gasteiger partial charge in [-0.15, -0.1) is 0 Å². The van der Waals surface area contributed by atoms with Crippen molar-refractivity contribution < 1.29 is 19.1 Å². The minimum absolute atomic E-state index is 0.00562. The number of hydrogen-bond acceptors (Lipinski definition) is 5. The molecule has 1 aliphatic heterocycles. The number of ether oxygens (including phenoxy) is 2. The molecule has 0 atom stereocenters. The molecular formula is C16H23N3O4. The lowest BCUT2D eigenvalue weighted by Gasteiger charge is -2.34. The molecule has 0 unspecified atom stereocenters. The van der Waals surface area contributed by atoms with Crippen molar-refractivity contribution >= 4 is 17.5 Å². The van der Waals surface area contributed by atoms with Crippen molar-refractivity contribution in [2.45, 2.75) is 6.92 Å². The number of amides is 2. The van der Waals surface area contributed by atoms with Crippen LogP contribution in [0.15, 0.2) is 18.2 Å². The Labute approximate surface area is 136 Å². The molecule has 0 spiro atoms. The quantitative estimate of drug-likeness (QED) is 0.869. The van der Waals surface area contributed by atoms with Crippen molar-refractivity contribution in [1.82, 2.24) is 9.80 Å². The SMILES string of the molecule is COc1ccc(NCC(=O)N2CCN(C(C)=O)CC2)c(OC)c1. The average molecular weight is 321 g/mol. The number of nitrogens with zero attached hydrogens (tertiary/aromatic N) is 2. The first kappa shape index (κ1) is 16.9. The van der Waals surface area contributed by atoms with E-state index < -0.39 is 0 Å². The Kier molecular flexibility index (Phi) is 5.67. The molecular weight excluding hydrogens is 298 g/mol. The van der Waals surface area contributed by atoms with E-state index in [0.29, 0.717) is 37.7 Å². The lowest BCUT2D eigenvalue weighted by molar-refractivity contribution is -0.137. The predicted molar refractivity (Wildman–Crippen MR) is 86.9 cm³/mol. The van der Waals surface area contributed by atoms with Gasteiger partial charge in [-0.3, -0.25) is 9.59 Å². The van der Waals surface area contributed by atoms with E-state index >= 15 is 0 Å². The molecule has 1 heterocycles. The number of piperazine rings is 1. The summed E-state index contributed by atoms with van der Waals surface area (Å²) < 4.78 is 10.4. The van der Waals surface area contributed by atoms with Crippen LogP contribution in [0, 0.1) is 0 Å². The van der Waals surface area contributed by atoms with Gasteiger partial charge >= 0.3 is 0 Å². The predicted octanol–water partition coefficient (Wildman–Crippen LogP) is 0.806. The molecule has 0 bridgehead atoms. The number of anilines is 1. The lowest BCUT2D eigenvalue weighted by atomic mass is 10.2. The Morgan fingerprint density at radius 2 is 1.74 bits per heavy atom. The van der Waals surface area contributed by atoms with Crippen LogP contribution in [0.25, 0.3) is 0 Å². The molecule has 0 saturated carbocycles. The van der Waals surface area contributed by atoms with Crippen LogP contribution in [0.2, 0.25) is 0 Å². The molecule has 7 heteroatoms. The standard InChI is InChI=1S/C16H23N3O4/c1-12(20)18-6-8-19(9-7-18)16(21)11-17-14-5-4-13(22-2)10-15(14)23-3/h4-5,10,17H,6-9,11H2,1-3H3. The molecule has 1 N–H and O–H groups in total. The van der Waals surface area contributed by atoms with Crippen molar-refractivity contribution in [2.75, 3.05) is 52.3 Å². The maximum absolute atomic E-state index is 12.3. The second kappa shape index (κ2) is 7.71. The van der Waals surface area contributed by atoms with Gasteiger partial charge in [0, 0.05) is 39.2 Å². The summed E-state index contributed by atoms with van der Waals surface area (Å²) in [5, 5.41) is 3.09.